The maximum atomic E-state index is 4.46. The average Bonchev–Trinajstić information content (AvgIpc) is 2.39. The molecule has 0 N–H and O–H groups in total. The minimum absolute atomic E-state index is 0.169. The van der Waals surface area contributed by atoms with Gasteiger partial charge in [-0.25, -0.2) is 4.99 Å². The van der Waals surface area contributed by atoms with Crippen molar-refractivity contribution in [3.63, 3.8) is 0 Å². The van der Waals surface area contributed by atoms with Crippen LogP contribution in [0.5, 0.6) is 0 Å². The fourth-order valence-corrected chi connectivity index (χ4v) is 2.46. The second-order valence-electron chi connectivity index (χ2n) is 4.07. The van der Waals surface area contributed by atoms with Gasteiger partial charge in [-0.15, -0.1) is 11.3 Å². The van der Waals surface area contributed by atoms with Gasteiger partial charge in [0.1, 0.15) is 4.67 Å². The quantitative estimate of drug-likeness (QED) is 0.667. The van der Waals surface area contributed by atoms with Crippen LogP contribution in [-0.4, -0.2) is 0 Å². The van der Waals surface area contributed by atoms with E-state index in [1.807, 2.05) is 6.20 Å². The van der Waals surface area contributed by atoms with Crippen molar-refractivity contribution in [2.24, 2.45) is 10.4 Å². The first-order chi connectivity index (χ1) is 6.63. The third kappa shape index (κ3) is 1.67. The lowest BCUT2D eigenvalue weighted by Gasteiger charge is -2.17. The second kappa shape index (κ2) is 3.35. The van der Waals surface area contributed by atoms with E-state index < -0.39 is 0 Å². The molecule has 14 heavy (non-hydrogen) atoms. The summed E-state index contributed by atoms with van der Waals surface area (Å²) in [5.74, 6) is 0. The van der Waals surface area contributed by atoms with Crippen LogP contribution in [0.1, 0.15) is 25.1 Å². The zero-order chi connectivity index (χ0) is 10.2. The first kappa shape index (κ1) is 9.66. The van der Waals surface area contributed by atoms with Crippen LogP contribution in [0.3, 0.4) is 0 Å². The van der Waals surface area contributed by atoms with E-state index in [1.165, 1.54) is 10.1 Å². The lowest BCUT2D eigenvalue weighted by Crippen LogP contribution is -2.20. The zero-order valence-electron chi connectivity index (χ0n) is 8.87. The summed E-state index contributed by atoms with van der Waals surface area (Å²) in [4.78, 5) is 5.79. The molecule has 1 nitrogen and oxygen atoms in total. The van der Waals surface area contributed by atoms with Crippen LogP contribution < -0.4 is 9.89 Å². The molecule has 1 aliphatic heterocycles. The molecule has 0 amide bonds. The van der Waals surface area contributed by atoms with Crippen molar-refractivity contribution in [3.8, 4) is 0 Å². The molecule has 2 heterocycles. The fraction of sp³-hybridized carbons (Fsp3) is 0.417. The summed E-state index contributed by atoms with van der Waals surface area (Å²) in [5, 5.41) is 1.29. The summed E-state index contributed by atoms with van der Waals surface area (Å²) in [6.07, 6.45) is 7.59. The molecular weight excluding hydrogens is 190 g/mol. The molecular formula is C12H15NS. The zero-order valence-corrected chi connectivity index (χ0v) is 9.69. The standard InChI is InChI=1S/C12H15NS/c1-4-12(3)5-6-13-11-10(8-12)7-9(2)14-11/h5-8H,4H2,1-3H3. The molecule has 0 fully saturated rings. The number of nitrogens with zero attached hydrogens (tertiary/aromatic N) is 1. The largest absolute Gasteiger partial charge is 0.246 e. The molecule has 0 saturated heterocycles. The van der Waals surface area contributed by atoms with E-state index in [0.29, 0.717) is 0 Å². The summed E-state index contributed by atoms with van der Waals surface area (Å²) in [5.41, 5.74) is 0.169. The van der Waals surface area contributed by atoms with Gasteiger partial charge < -0.3 is 0 Å². The van der Waals surface area contributed by atoms with Gasteiger partial charge in [-0.1, -0.05) is 26.0 Å². The van der Waals surface area contributed by atoms with Crippen LogP contribution >= 0.6 is 11.3 Å². The Hall–Kier alpha value is -0.890. The Balaban J connectivity index is 2.68. The molecule has 1 aliphatic rings. The van der Waals surface area contributed by atoms with Gasteiger partial charge in [0.05, 0.1) is 0 Å². The summed E-state index contributed by atoms with van der Waals surface area (Å²) in [6, 6.07) is 2.23. The minimum atomic E-state index is 0.169. The van der Waals surface area contributed by atoms with Crippen LogP contribution in [0.15, 0.2) is 23.3 Å². The van der Waals surface area contributed by atoms with Gasteiger partial charge >= 0.3 is 0 Å². The molecule has 1 atom stereocenters. The Morgan fingerprint density at radius 3 is 3.00 bits per heavy atom. The van der Waals surface area contributed by atoms with Crippen molar-refractivity contribution in [1.82, 2.24) is 0 Å². The number of fused-ring (bicyclic) bond motifs is 1. The van der Waals surface area contributed by atoms with E-state index in [-0.39, 0.29) is 5.41 Å². The van der Waals surface area contributed by atoms with Crippen molar-refractivity contribution in [3.05, 3.63) is 33.1 Å². The highest BCUT2D eigenvalue weighted by atomic mass is 32.1. The van der Waals surface area contributed by atoms with E-state index >= 15 is 0 Å². The van der Waals surface area contributed by atoms with Crippen LogP contribution in [0.2, 0.25) is 0 Å². The Morgan fingerprint density at radius 2 is 2.29 bits per heavy atom. The lowest BCUT2D eigenvalue weighted by atomic mass is 9.87. The third-order valence-corrected chi connectivity index (χ3v) is 3.73. The van der Waals surface area contributed by atoms with Crippen molar-refractivity contribution in [2.45, 2.75) is 27.2 Å². The molecule has 0 bridgehead atoms. The minimum Gasteiger partial charge on any atom is -0.246 e. The van der Waals surface area contributed by atoms with Crippen LogP contribution in [0.4, 0.5) is 0 Å². The summed E-state index contributed by atoms with van der Waals surface area (Å²) < 4.78 is 1.15. The lowest BCUT2D eigenvalue weighted by molar-refractivity contribution is 0.566. The molecule has 74 valence electrons. The number of rotatable bonds is 1. The molecule has 0 saturated carbocycles. The van der Waals surface area contributed by atoms with Gasteiger partial charge in [-0.2, -0.15) is 0 Å². The number of thiophene rings is 1. The van der Waals surface area contributed by atoms with Gasteiger partial charge in [-0.05, 0) is 19.4 Å². The number of hydrogen-bond donors (Lipinski definition) is 0. The highest BCUT2D eigenvalue weighted by molar-refractivity contribution is 7.09. The molecule has 1 aromatic rings. The van der Waals surface area contributed by atoms with E-state index in [2.05, 4.69) is 44.0 Å². The summed E-state index contributed by atoms with van der Waals surface area (Å²) in [7, 11) is 0. The molecule has 0 radical (unpaired) electrons. The van der Waals surface area contributed by atoms with E-state index in [9.17, 15) is 0 Å². The predicted molar refractivity (Wildman–Crippen MR) is 61.8 cm³/mol. The summed E-state index contributed by atoms with van der Waals surface area (Å²) in [6.45, 7) is 6.60. The number of hydrogen-bond acceptors (Lipinski definition) is 2. The first-order valence-corrected chi connectivity index (χ1v) is 5.79. The first-order valence-electron chi connectivity index (χ1n) is 4.98. The van der Waals surface area contributed by atoms with E-state index in [0.717, 1.165) is 11.1 Å². The average molecular weight is 205 g/mol. The van der Waals surface area contributed by atoms with E-state index in [4.69, 9.17) is 0 Å². The predicted octanol–water partition coefficient (Wildman–Crippen LogP) is 2.40. The van der Waals surface area contributed by atoms with Crippen molar-refractivity contribution in [1.29, 1.82) is 0 Å². The van der Waals surface area contributed by atoms with E-state index in [1.54, 1.807) is 11.3 Å². The monoisotopic (exact) mass is 205 g/mol. The van der Waals surface area contributed by atoms with Gasteiger partial charge in [-0.3, -0.25) is 0 Å². The Labute approximate surface area is 88.5 Å². The third-order valence-electron chi connectivity index (χ3n) is 2.76. The summed E-state index contributed by atoms with van der Waals surface area (Å²) >= 11 is 1.77. The normalized spacial score (nSPS) is 24.8. The second-order valence-corrected chi connectivity index (χ2v) is 5.30. The maximum absolute atomic E-state index is 4.46. The van der Waals surface area contributed by atoms with Crippen molar-refractivity contribution < 1.29 is 0 Å². The molecule has 1 unspecified atom stereocenters. The molecule has 1 aromatic heterocycles. The fourth-order valence-electron chi connectivity index (χ4n) is 1.62. The topological polar surface area (TPSA) is 12.4 Å². The molecule has 0 aromatic carbocycles. The highest BCUT2D eigenvalue weighted by Crippen LogP contribution is 2.25. The number of aryl methyl sites for hydroxylation is 1. The van der Waals surface area contributed by atoms with Gasteiger partial charge in [0.15, 0.2) is 0 Å². The Kier molecular flexibility index (Phi) is 2.31. The smallest absolute Gasteiger partial charge is 0.123 e. The maximum Gasteiger partial charge on any atom is 0.123 e. The highest BCUT2D eigenvalue weighted by Gasteiger charge is 2.16. The van der Waals surface area contributed by atoms with Gasteiger partial charge in [0, 0.05) is 21.7 Å². The van der Waals surface area contributed by atoms with Crippen molar-refractivity contribution in [2.75, 3.05) is 0 Å². The van der Waals surface area contributed by atoms with Gasteiger partial charge in [0.25, 0.3) is 0 Å². The molecule has 2 rings (SSSR count). The molecule has 0 spiro atoms. The van der Waals surface area contributed by atoms with Crippen LogP contribution in [-0.2, 0) is 0 Å². The molecule has 2 heteroatoms. The SMILES string of the molecule is CCC1(C)C=CN=c2sc(C)cc2=C1. The van der Waals surface area contributed by atoms with Crippen molar-refractivity contribution >= 4 is 17.4 Å². The molecule has 0 aliphatic carbocycles. The van der Waals surface area contributed by atoms with Crippen LogP contribution in [0.25, 0.3) is 6.08 Å². The Bertz CT molecular complexity index is 481. The Morgan fingerprint density at radius 1 is 1.50 bits per heavy atom. The van der Waals surface area contributed by atoms with Gasteiger partial charge in [0.2, 0.25) is 0 Å². The van der Waals surface area contributed by atoms with Crippen LogP contribution in [0, 0.1) is 12.3 Å². The number of allylic oxidation sites excluding steroid dienone is 1.